The van der Waals surface area contributed by atoms with Crippen LogP contribution in [0.4, 0.5) is 11.4 Å². The fraction of sp³-hybridized carbons (Fsp3) is 0.440. The van der Waals surface area contributed by atoms with Crippen molar-refractivity contribution in [2.75, 3.05) is 23.8 Å². The summed E-state index contributed by atoms with van der Waals surface area (Å²) in [5.41, 5.74) is 3.44. The molecule has 1 aliphatic carbocycles. The maximum atomic E-state index is 13.1. The number of hydrogen-bond donors (Lipinski definition) is 1. The molecule has 1 fully saturated rings. The summed E-state index contributed by atoms with van der Waals surface area (Å²) in [6.07, 6.45) is 4.47. The predicted molar refractivity (Wildman–Crippen MR) is 129 cm³/mol. The quantitative estimate of drug-likeness (QED) is 0.671. The van der Waals surface area contributed by atoms with E-state index in [2.05, 4.69) is 12.2 Å². The van der Waals surface area contributed by atoms with E-state index in [1.807, 2.05) is 36.1 Å². The van der Waals surface area contributed by atoms with Crippen LogP contribution in [-0.2, 0) is 32.5 Å². The molecule has 176 valence electrons. The van der Waals surface area contributed by atoms with Crippen molar-refractivity contribution in [2.24, 2.45) is 5.92 Å². The first kappa shape index (κ1) is 23.4. The second-order valence-corrected chi connectivity index (χ2v) is 11.1. The lowest BCUT2D eigenvalue weighted by atomic mass is 9.84. The molecule has 8 heteroatoms. The number of sulfonamides is 1. The van der Waals surface area contributed by atoms with Gasteiger partial charge in [0.15, 0.2) is 0 Å². The Balaban J connectivity index is 1.46. The molecule has 1 saturated carbocycles. The molecule has 0 unspecified atom stereocenters. The van der Waals surface area contributed by atoms with E-state index in [1.165, 1.54) is 13.1 Å². The van der Waals surface area contributed by atoms with Gasteiger partial charge in [0, 0.05) is 30.4 Å². The van der Waals surface area contributed by atoms with Gasteiger partial charge in [0.05, 0.1) is 11.4 Å². The van der Waals surface area contributed by atoms with E-state index in [1.54, 1.807) is 12.1 Å². The van der Waals surface area contributed by atoms with Gasteiger partial charge in [-0.2, -0.15) is 4.31 Å². The van der Waals surface area contributed by atoms with Crippen molar-refractivity contribution < 1.29 is 18.0 Å². The van der Waals surface area contributed by atoms with Gasteiger partial charge in [0.2, 0.25) is 21.8 Å². The van der Waals surface area contributed by atoms with E-state index >= 15 is 0 Å². The SMILES string of the molecule is CCc1ccc(NC(=O)CN(C)S(=O)(=O)c2ccc3c(c2)C[C@H](C)N3C(=O)C2CCC2)cc1. The molecule has 7 nitrogen and oxygen atoms in total. The van der Waals surface area contributed by atoms with Gasteiger partial charge in [-0.3, -0.25) is 9.59 Å². The molecule has 0 spiro atoms. The number of carbonyl (C=O) groups excluding carboxylic acids is 2. The number of carbonyl (C=O) groups is 2. The highest BCUT2D eigenvalue weighted by atomic mass is 32.2. The Morgan fingerprint density at radius 3 is 2.42 bits per heavy atom. The number of hydrogen-bond acceptors (Lipinski definition) is 4. The van der Waals surface area contributed by atoms with Gasteiger partial charge in [-0.05, 0) is 74.1 Å². The Hall–Kier alpha value is -2.71. The highest BCUT2D eigenvalue weighted by Crippen LogP contribution is 2.38. The van der Waals surface area contributed by atoms with Crippen LogP contribution in [0.25, 0.3) is 0 Å². The fourth-order valence-corrected chi connectivity index (χ4v) is 5.63. The molecule has 1 heterocycles. The van der Waals surface area contributed by atoms with Crippen molar-refractivity contribution in [3.63, 3.8) is 0 Å². The monoisotopic (exact) mass is 469 g/mol. The number of anilines is 2. The van der Waals surface area contributed by atoms with Crippen LogP contribution in [0, 0.1) is 5.92 Å². The smallest absolute Gasteiger partial charge is 0.243 e. The normalized spacial score (nSPS) is 18.2. The maximum Gasteiger partial charge on any atom is 0.243 e. The second kappa shape index (κ2) is 9.27. The van der Waals surface area contributed by atoms with Gasteiger partial charge in [0.1, 0.15) is 0 Å². The average Bonchev–Trinajstić information content (AvgIpc) is 3.07. The molecule has 2 amide bonds. The summed E-state index contributed by atoms with van der Waals surface area (Å²) in [5, 5.41) is 2.75. The summed E-state index contributed by atoms with van der Waals surface area (Å²) in [6, 6.07) is 12.4. The summed E-state index contributed by atoms with van der Waals surface area (Å²) in [6.45, 7) is 3.75. The Morgan fingerprint density at radius 2 is 1.82 bits per heavy atom. The van der Waals surface area contributed by atoms with E-state index in [9.17, 15) is 18.0 Å². The highest BCUT2D eigenvalue weighted by Gasteiger charge is 2.37. The zero-order valence-electron chi connectivity index (χ0n) is 19.4. The van der Waals surface area contributed by atoms with E-state index in [0.717, 1.165) is 46.8 Å². The molecule has 1 atom stereocenters. The first-order valence-corrected chi connectivity index (χ1v) is 13.0. The van der Waals surface area contributed by atoms with Gasteiger partial charge in [-0.1, -0.05) is 25.5 Å². The van der Waals surface area contributed by atoms with Crippen molar-refractivity contribution in [3.05, 3.63) is 53.6 Å². The molecular weight excluding hydrogens is 438 g/mol. The highest BCUT2D eigenvalue weighted by molar-refractivity contribution is 7.89. The molecular formula is C25H31N3O4S. The summed E-state index contributed by atoms with van der Waals surface area (Å²) < 4.78 is 27.3. The lowest BCUT2D eigenvalue weighted by molar-refractivity contribution is -0.125. The van der Waals surface area contributed by atoms with Crippen LogP contribution < -0.4 is 10.2 Å². The third-order valence-corrected chi connectivity index (χ3v) is 8.48. The summed E-state index contributed by atoms with van der Waals surface area (Å²) in [4.78, 5) is 27.3. The van der Waals surface area contributed by atoms with Crippen molar-refractivity contribution in [3.8, 4) is 0 Å². The van der Waals surface area contributed by atoms with Gasteiger partial charge < -0.3 is 10.2 Å². The molecule has 0 saturated heterocycles. The summed E-state index contributed by atoms with van der Waals surface area (Å²) in [5.74, 6) is -0.175. The zero-order valence-corrected chi connectivity index (χ0v) is 20.2. The number of aryl methyl sites for hydroxylation is 1. The molecule has 0 aromatic heterocycles. The second-order valence-electron chi connectivity index (χ2n) is 9.04. The predicted octanol–water partition coefficient (Wildman–Crippen LogP) is 3.59. The van der Waals surface area contributed by atoms with Crippen LogP contribution >= 0.6 is 0 Å². The van der Waals surface area contributed by atoms with Crippen LogP contribution in [-0.4, -0.2) is 44.2 Å². The first-order chi connectivity index (χ1) is 15.7. The minimum absolute atomic E-state index is 0.00802. The zero-order chi connectivity index (χ0) is 23.8. The van der Waals surface area contributed by atoms with E-state index in [0.29, 0.717) is 12.1 Å². The summed E-state index contributed by atoms with van der Waals surface area (Å²) in [7, 11) is -2.45. The van der Waals surface area contributed by atoms with Crippen LogP contribution in [0.2, 0.25) is 0 Å². The van der Waals surface area contributed by atoms with Gasteiger partial charge in [-0.25, -0.2) is 8.42 Å². The van der Waals surface area contributed by atoms with Crippen molar-refractivity contribution in [1.82, 2.24) is 4.31 Å². The Morgan fingerprint density at radius 1 is 1.12 bits per heavy atom. The molecule has 4 rings (SSSR count). The third kappa shape index (κ3) is 4.68. The lowest BCUT2D eigenvalue weighted by Crippen LogP contribution is -2.42. The molecule has 1 N–H and O–H groups in total. The topological polar surface area (TPSA) is 86.8 Å². The largest absolute Gasteiger partial charge is 0.325 e. The summed E-state index contributed by atoms with van der Waals surface area (Å²) >= 11 is 0. The van der Waals surface area contributed by atoms with Crippen LogP contribution in [0.15, 0.2) is 47.4 Å². The Bertz CT molecular complexity index is 1160. The number of likely N-dealkylation sites (N-methyl/N-ethyl adjacent to an activating group) is 1. The molecule has 0 bridgehead atoms. The Labute approximate surface area is 195 Å². The molecule has 33 heavy (non-hydrogen) atoms. The van der Waals surface area contributed by atoms with Crippen molar-refractivity contribution in [2.45, 2.75) is 56.9 Å². The lowest BCUT2D eigenvalue weighted by Gasteiger charge is -2.32. The average molecular weight is 470 g/mol. The number of amides is 2. The van der Waals surface area contributed by atoms with Crippen LogP contribution in [0.1, 0.15) is 44.2 Å². The minimum Gasteiger partial charge on any atom is -0.325 e. The third-order valence-electron chi connectivity index (χ3n) is 6.68. The maximum absolute atomic E-state index is 13.1. The van der Waals surface area contributed by atoms with E-state index in [-0.39, 0.29) is 29.3 Å². The molecule has 0 radical (unpaired) electrons. The number of nitrogens with one attached hydrogen (secondary N) is 1. The minimum atomic E-state index is -3.85. The van der Waals surface area contributed by atoms with E-state index in [4.69, 9.17) is 0 Å². The van der Waals surface area contributed by atoms with Gasteiger partial charge >= 0.3 is 0 Å². The van der Waals surface area contributed by atoms with Crippen molar-refractivity contribution in [1.29, 1.82) is 0 Å². The number of nitrogens with zero attached hydrogens (tertiary/aromatic N) is 2. The van der Waals surface area contributed by atoms with Crippen molar-refractivity contribution >= 4 is 33.2 Å². The van der Waals surface area contributed by atoms with Gasteiger partial charge in [-0.15, -0.1) is 0 Å². The first-order valence-electron chi connectivity index (χ1n) is 11.5. The number of rotatable bonds is 7. The van der Waals surface area contributed by atoms with Crippen LogP contribution in [0.3, 0.4) is 0 Å². The standard InChI is InChI=1S/C25H31N3O4S/c1-4-18-8-10-21(11-9-18)26-24(29)16-27(3)33(31,32)22-12-13-23-20(15-22)14-17(2)28(23)25(30)19-6-5-7-19/h8-13,15,17,19H,4-7,14,16H2,1-3H3,(H,26,29)/t17-/m0/s1. The molecule has 1 aliphatic heterocycles. The number of benzene rings is 2. The Kier molecular flexibility index (Phi) is 6.59. The molecule has 2 aromatic carbocycles. The van der Waals surface area contributed by atoms with Gasteiger partial charge in [0.25, 0.3) is 0 Å². The fourth-order valence-electron chi connectivity index (χ4n) is 4.45. The molecule has 2 aromatic rings. The molecule has 2 aliphatic rings. The number of fused-ring (bicyclic) bond motifs is 1. The van der Waals surface area contributed by atoms with Crippen LogP contribution in [0.5, 0.6) is 0 Å². The van der Waals surface area contributed by atoms with E-state index < -0.39 is 15.9 Å².